The third-order valence-corrected chi connectivity index (χ3v) is 4.93. The highest BCUT2D eigenvalue weighted by Gasteiger charge is 2.24. The zero-order chi connectivity index (χ0) is 17.1. The third-order valence-electron chi connectivity index (χ3n) is 4.93. The first kappa shape index (κ1) is 16.3. The summed E-state index contributed by atoms with van der Waals surface area (Å²) in [5, 5.41) is 7.06. The number of anilines is 1. The molecule has 0 saturated carbocycles. The van der Waals surface area contributed by atoms with E-state index in [1.54, 1.807) is 0 Å². The molecule has 0 spiro atoms. The predicted octanol–water partition coefficient (Wildman–Crippen LogP) is 2.64. The van der Waals surface area contributed by atoms with Crippen molar-refractivity contribution in [1.82, 2.24) is 10.1 Å². The molecular formula is C19H23N3O3. The van der Waals surface area contributed by atoms with E-state index in [1.165, 1.54) is 0 Å². The third kappa shape index (κ3) is 3.60. The molecule has 0 unspecified atom stereocenters. The molecule has 0 atom stereocenters. The van der Waals surface area contributed by atoms with E-state index in [0.29, 0.717) is 5.69 Å². The van der Waals surface area contributed by atoms with Crippen molar-refractivity contribution in [1.29, 1.82) is 0 Å². The first-order valence-corrected chi connectivity index (χ1v) is 8.98. The number of carbonyl (C=O) groups is 1. The molecule has 2 aliphatic rings. The van der Waals surface area contributed by atoms with Gasteiger partial charge in [-0.1, -0.05) is 23.4 Å². The Morgan fingerprint density at radius 1 is 1.16 bits per heavy atom. The Kier molecular flexibility index (Phi) is 4.81. The molecule has 6 nitrogen and oxygen atoms in total. The molecule has 2 aromatic rings. The van der Waals surface area contributed by atoms with Crippen molar-refractivity contribution in [3.8, 4) is 0 Å². The molecule has 1 aliphatic heterocycles. The van der Waals surface area contributed by atoms with Gasteiger partial charge in [0.05, 0.1) is 13.2 Å². The van der Waals surface area contributed by atoms with Gasteiger partial charge in [-0.25, -0.2) is 0 Å². The summed E-state index contributed by atoms with van der Waals surface area (Å²) in [5.74, 6) is 0.694. The number of morpholine rings is 1. The first-order valence-electron chi connectivity index (χ1n) is 8.98. The van der Waals surface area contributed by atoms with Gasteiger partial charge in [0.1, 0.15) is 5.76 Å². The van der Waals surface area contributed by atoms with E-state index < -0.39 is 0 Å². The SMILES string of the molecule is O=C(Nc1ccccc1CN1CCOCC1)c1noc2c1CCCC2. The molecule has 6 heteroatoms. The summed E-state index contributed by atoms with van der Waals surface area (Å²) in [7, 11) is 0. The number of carbonyl (C=O) groups excluding carboxylic acids is 1. The molecule has 1 aromatic heterocycles. The van der Waals surface area contributed by atoms with E-state index in [4.69, 9.17) is 9.26 Å². The van der Waals surface area contributed by atoms with Crippen molar-refractivity contribution in [3.05, 3.63) is 46.8 Å². The van der Waals surface area contributed by atoms with Crippen LogP contribution in [0.3, 0.4) is 0 Å². The molecule has 25 heavy (non-hydrogen) atoms. The minimum Gasteiger partial charge on any atom is -0.379 e. The summed E-state index contributed by atoms with van der Waals surface area (Å²) in [4.78, 5) is 15.1. The number of para-hydroxylation sites is 1. The van der Waals surface area contributed by atoms with Gasteiger partial charge in [-0.05, 0) is 30.9 Å². The number of benzene rings is 1. The van der Waals surface area contributed by atoms with Crippen LogP contribution in [0.15, 0.2) is 28.8 Å². The average Bonchev–Trinajstić information content (AvgIpc) is 3.08. The normalized spacial score (nSPS) is 17.9. The van der Waals surface area contributed by atoms with Gasteiger partial charge in [0.15, 0.2) is 5.69 Å². The fraction of sp³-hybridized carbons (Fsp3) is 0.474. The number of aryl methyl sites for hydroxylation is 1. The topological polar surface area (TPSA) is 67.6 Å². The standard InChI is InChI=1S/C19H23N3O3/c23-19(18-15-6-2-4-8-17(15)25-21-18)20-16-7-3-1-5-14(16)13-22-9-11-24-12-10-22/h1,3,5,7H,2,4,6,8-13H2,(H,20,23). The van der Waals surface area contributed by atoms with Gasteiger partial charge in [-0.3, -0.25) is 9.69 Å². The van der Waals surface area contributed by atoms with Crippen molar-refractivity contribution in [2.75, 3.05) is 31.6 Å². The highest BCUT2D eigenvalue weighted by Crippen LogP contribution is 2.25. The summed E-state index contributed by atoms with van der Waals surface area (Å²) >= 11 is 0. The summed E-state index contributed by atoms with van der Waals surface area (Å²) in [6, 6.07) is 7.95. The number of rotatable bonds is 4. The zero-order valence-corrected chi connectivity index (χ0v) is 14.3. The largest absolute Gasteiger partial charge is 0.379 e. The number of fused-ring (bicyclic) bond motifs is 1. The maximum Gasteiger partial charge on any atom is 0.278 e. The minimum atomic E-state index is -0.179. The molecule has 1 saturated heterocycles. The van der Waals surface area contributed by atoms with Crippen molar-refractivity contribution in [2.24, 2.45) is 0 Å². The zero-order valence-electron chi connectivity index (χ0n) is 14.3. The Hall–Kier alpha value is -2.18. The van der Waals surface area contributed by atoms with Crippen LogP contribution < -0.4 is 5.32 Å². The molecule has 1 aromatic carbocycles. The van der Waals surface area contributed by atoms with Crippen LogP contribution in [0.4, 0.5) is 5.69 Å². The van der Waals surface area contributed by atoms with E-state index >= 15 is 0 Å². The van der Waals surface area contributed by atoms with E-state index in [2.05, 4.69) is 21.4 Å². The lowest BCUT2D eigenvalue weighted by Gasteiger charge is -2.27. The van der Waals surface area contributed by atoms with Gasteiger partial charge in [-0.15, -0.1) is 0 Å². The van der Waals surface area contributed by atoms with Crippen LogP contribution in [0.5, 0.6) is 0 Å². The van der Waals surface area contributed by atoms with Gasteiger partial charge in [0.25, 0.3) is 5.91 Å². The number of nitrogens with one attached hydrogen (secondary N) is 1. The molecule has 1 aliphatic carbocycles. The van der Waals surface area contributed by atoms with Crippen molar-refractivity contribution >= 4 is 11.6 Å². The Morgan fingerprint density at radius 2 is 1.96 bits per heavy atom. The highest BCUT2D eigenvalue weighted by atomic mass is 16.5. The van der Waals surface area contributed by atoms with Crippen molar-refractivity contribution < 1.29 is 14.1 Å². The Balaban J connectivity index is 1.50. The van der Waals surface area contributed by atoms with E-state index in [1.807, 2.05) is 18.2 Å². The predicted molar refractivity (Wildman–Crippen MR) is 93.6 cm³/mol. The van der Waals surface area contributed by atoms with E-state index in [0.717, 1.165) is 81.1 Å². The fourth-order valence-electron chi connectivity index (χ4n) is 3.53. The lowest BCUT2D eigenvalue weighted by atomic mass is 9.96. The van der Waals surface area contributed by atoms with E-state index in [9.17, 15) is 4.79 Å². The smallest absolute Gasteiger partial charge is 0.278 e. The number of amides is 1. The molecule has 1 fully saturated rings. The number of nitrogens with zero attached hydrogens (tertiary/aromatic N) is 2. The Bertz CT molecular complexity index is 750. The maximum absolute atomic E-state index is 12.7. The molecule has 4 rings (SSSR count). The minimum absolute atomic E-state index is 0.179. The van der Waals surface area contributed by atoms with Crippen LogP contribution in [0.25, 0.3) is 0 Å². The van der Waals surface area contributed by atoms with Gasteiger partial charge in [-0.2, -0.15) is 0 Å². The molecule has 1 amide bonds. The highest BCUT2D eigenvalue weighted by molar-refractivity contribution is 6.04. The molecule has 2 heterocycles. The summed E-state index contributed by atoms with van der Waals surface area (Å²) in [6.07, 6.45) is 3.94. The second-order valence-electron chi connectivity index (χ2n) is 6.64. The van der Waals surface area contributed by atoms with Crippen LogP contribution >= 0.6 is 0 Å². The van der Waals surface area contributed by atoms with Gasteiger partial charge in [0.2, 0.25) is 0 Å². The number of hydrogen-bond acceptors (Lipinski definition) is 5. The molecule has 0 bridgehead atoms. The number of hydrogen-bond donors (Lipinski definition) is 1. The molecular weight excluding hydrogens is 318 g/mol. The summed E-state index contributed by atoms with van der Waals surface area (Å²) in [6.45, 7) is 4.16. The van der Waals surface area contributed by atoms with Crippen LogP contribution in [-0.2, 0) is 24.1 Å². The second kappa shape index (κ2) is 7.37. The van der Waals surface area contributed by atoms with Crippen molar-refractivity contribution in [2.45, 2.75) is 32.2 Å². The summed E-state index contributed by atoms with van der Waals surface area (Å²) in [5.41, 5.74) is 3.37. The molecule has 132 valence electrons. The van der Waals surface area contributed by atoms with Crippen LogP contribution in [0, 0.1) is 0 Å². The molecule has 1 N–H and O–H groups in total. The number of aromatic nitrogens is 1. The Labute approximate surface area is 147 Å². The fourth-order valence-corrected chi connectivity index (χ4v) is 3.53. The quantitative estimate of drug-likeness (QED) is 0.926. The Morgan fingerprint density at radius 3 is 2.84 bits per heavy atom. The second-order valence-corrected chi connectivity index (χ2v) is 6.64. The lowest BCUT2D eigenvalue weighted by Crippen LogP contribution is -2.35. The average molecular weight is 341 g/mol. The van der Waals surface area contributed by atoms with Crippen LogP contribution in [0.2, 0.25) is 0 Å². The van der Waals surface area contributed by atoms with Crippen LogP contribution in [0.1, 0.15) is 40.2 Å². The van der Waals surface area contributed by atoms with Crippen molar-refractivity contribution in [3.63, 3.8) is 0 Å². The lowest BCUT2D eigenvalue weighted by molar-refractivity contribution is 0.0342. The monoisotopic (exact) mass is 341 g/mol. The number of ether oxygens (including phenoxy) is 1. The van der Waals surface area contributed by atoms with Gasteiger partial charge in [0, 0.05) is 37.3 Å². The van der Waals surface area contributed by atoms with E-state index in [-0.39, 0.29) is 5.91 Å². The van der Waals surface area contributed by atoms with Gasteiger partial charge < -0.3 is 14.6 Å². The maximum atomic E-state index is 12.7. The van der Waals surface area contributed by atoms with Crippen LogP contribution in [-0.4, -0.2) is 42.3 Å². The molecule has 0 radical (unpaired) electrons. The van der Waals surface area contributed by atoms with Gasteiger partial charge >= 0.3 is 0 Å². The first-order chi connectivity index (χ1) is 12.3. The summed E-state index contributed by atoms with van der Waals surface area (Å²) < 4.78 is 10.8.